The highest BCUT2D eigenvalue weighted by Gasteiger charge is 2.54. The summed E-state index contributed by atoms with van der Waals surface area (Å²) in [5.74, 6) is 1.45. The highest BCUT2D eigenvalue weighted by molar-refractivity contribution is 6.09. The highest BCUT2D eigenvalue weighted by Crippen LogP contribution is 2.59. The fourth-order valence-corrected chi connectivity index (χ4v) is 3.37. The molecule has 11 heavy (non-hydrogen) atoms. The summed E-state index contributed by atoms with van der Waals surface area (Å²) in [6.07, 6.45) is 5.00. The minimum absolute atomic E-state index is 0.0266. The molecule has 0 radical (unpaired) electrons. The van der Waals surface area contributed by atoms with Crippen LogP contribution in [0.25, 0.3) is 0 Å². The molecule has 2 heteroatoms. The summed E-state index contributed by atoms with van der Waals surface area (Å²) in [5, 5.41) is 9.69. The van der Waals surface area contributed by atoms with Crippen LogP contribution in [-0.2, 0) is 0 Å². The summed E-state index contributed by atoms with van der Waals surface area (Å²) in [7, 11) is 2.27. The Kier molecular flexibility index (Phi) is 1.57. The van der Waals surface area contributed by atoms with Gasteiger partial charge in [0, 0.05) is 0 Å². The van der Waals surface area contributed by atoms with Gasteiger partial charge in [-0.25, -0.2) is 0 Å². The maximum atomic E-state index is 9.69. The van der Waals surface area contributed by atoms with E-state index in [0.29, 0.717) is 11.3 Å². The van der Waals surface area contributed by atoms with E-state index in [1.807, 2.05) is 0 Å². The molecular weight excluding hydrogens is 135 g/mol. The molecule has 2 bridgehead atoms. The Morgan fingerprint density at radius 3 is 2.55 bits per heavy atom. The van der Waals surface area contributed by atoms with Gasteiger partial charge in [-0.05, 0) is 36.5 Å². The maximum absolute atomic E-state index is 9.69. The van der Waals surface area contributed by atoms with E-state index in [-0.39, 0.29) is 6.10 Å². The molecule has 2 saturated carbocycles. The van der Waals surface area contributed by atoms with Gasteiger partial charge >= 0.3 is 0 Å². The summed E-state index contributed by atoms with van der Waals surface area (Å²) in [5.41, 5.74) is 0.486. The van der Waals surface area contributed by atoms with Gasteiger partial charge in [-0.2, -0.15) is 0 Å². The molecule has 0 aromatic carbocycles. The van der Waals surface area contributed by atoms with E-state index in [2.05, 4.69) is 14.8 Å². The van der Waals surface area contributed by atoms with Crippen molar-refractivity contribution in [2.45, 2.75) is 38.6 Å². The van der Waals surface area contributed by atoms with Crippen molar-refractivity contribution in [2.75, 3.05) is 0 Å². The Bertz CT molecular complexity index is 171. The molecule has 2 aliphatic rings. The van der Waals surface area contributed by atoms with Crippen LogP contribution in [0.5, 0.6) is 0 Å². The van der Waals surface area contributed by atoms with Gasteiger partial charge in [0.05, 0.1) is 6.10 Å². The van der Waals surface area contributed by atoms with Crippen LogP contribution >= 0.6 is 0 Å². The Morgan fingerprint density at radius 2 is 2.27 bits per heavy atom. The molecule has 2 aliphatic carbocycles. The molecule has 2 fully saturated rings. The zero-order chi connectivity index (χ0) is 8.06. The number of rotatable bonds is 1. The summed E-state index contributed by atoms with van der Waals surface area (Å²) in [6.45, 7) is 2.37. The van der Waals surface area contributed by atoms with Crippen molar-refractivity contribution in [3.8, 4) is 0 Å². The first kappa shape index (κ1) is 7.66. The smallest absolute Gasteiger partial charge is 0.102 e. The van der Waals surface area contributed by atoms with Gasteiger partial charge in [-0.3, -0.25) is 0 Å². The van der Waals surface area contributed by atoms with Crippen LogP contribution in [0.3, 0.4) is 0 Å². The molecule has 0 spiro atoms. The third-order valence-corrected chi connectivity index (χ3v) is 4.36. The zero-order valence-corrected chi connectivity index (χ0v) is 7.51. The van der Waals surface area contributed by atoms with E-state index in [1.54, 1.807) is 0 Å². The monoisotopic (exact) mass is 152 g/mol. The molecule has 0 aliphatic heterocycles. The second-order valence-corrected chi connectivity index (χ2v) is 4.54. The lowest BCUT2D eigenvalue weighted by Crippen LogP contribution is -2.25. The lowest BCUT2D eigenvalue weighted by molar-refractivity contribution is 0.0950. The van der Waals surface area contributed by atoms with Gasteiger partial charge in [0.15, 0.2) is 0 Å². The van der Waals surface area contributed by atoms with E-state index in [0.717, 1.165) is 12.3 Å². The SMILES string of the molecule is BCC1(C)C2CCC1C(O)C2. The van der Waals surface area contributed by atoms with Crippen LogP contribution in [0.2, 0.25) is 6.32 Å². The van der Waals surface area contributed by atoms with Crippen LogP contribution in [0.15, 0.2) is 0 Å². The van der Waals surface area contributed by atoms with Crippen LogP contribution in [-0.4, -0.2) is 19.1 Å². The molecule has 1 N–H and O–H groups in total. The van der Waals surface area contributed by atoms with Crippen molar-refractivity contribution in [1.29, 1.82) is 0 Å². The topological polar surface area (TPSA) is 20.2 Å². The molecule has 0 saturated heterocycles. The van der Waals surface area contributed by atoms with Crippen LogP contribution in [0.4, 0.5) is 0 Å². The Labute approximate surface area is 69.6 Å². The number of hydrogen-bond donors (Lipinski definition) is 1. The molecule has 2 rings (SSSR count). The Hall–Kier alpha value is 0.0249. The number of aliphatic hydroxyl groups is 1. The molecule has 4 atom stereocenters. The van der Waals surface area contributed by atoms with Crippen LogP contribution < -0.4 is 0 Å². The van der Waals surface area contributed by atoms with E-state index in [9.17, 15) is 5.11 Å². The second-order valence-electron chi connectivity index (χ2n) is 4.54. The molecule has 0 aromatic heterocycles. The third-order valence-electron chi connectivity index (χ3n) is 4.36. The van der Waals surface area contributed by atoms with E-state index in [1.165, 1.54) is 19.2 Å². The Balaban J connectivity index is 2.24. The summed E-state index contributed by atoms with van der Waals surface area (Å²) in [4.78, 5) is 0. The lowest BCUT2D eigenvalue weighted by atomic mass is 9.70. The standard InChI is InChI=1S/C9H17BO/c1-9(5-10)6-2-3-7(9)8(11)4-6/h6-8,11H,2-5,10H2,1H3. The summed E-state index contributed by atoms with van der Waals surface area (Å²) < 4.78 is 0. The minimum atomic E-state index is 0.0266. The first-order chi connectivity index (χ1) is 5.18. The molecular formula is C9H17BO. The van der Waals surface area contributed by atoms with Crippen molar-refractivity contribution in [3.05, 3.63) is 0 Å². The Morgan fingerprint density at radius 1 is 1.55 bits per heavy atom. The fraction of sp³-hybridized carbons (Fsp3) is 1.00. The molecule has 0 heterocycles. The van der Waals surface area contributed by atoms with Crippen molar-refractivity contribution in [2.24, 2.45) is 17.3 Å². The van der Waals surface area contributed by atoms with Crippen LogP contribution in [0.1, 0.15) is 26.2 Å². The van der Waals surface area contributed by atoms with Crippen LogP contribution in [0, 0.1) is 17.3 Å². The summed E-state index contributed by atoms with van der Waals surface area (Å²) >= 11 is 0. The molecule has 62 valence electrons. The predicted octanol–water partition coefficient (Wildman–Crippen LogP) is 0.835. The third kappa shape index (κ3) is 0.822. The predicted molar refractivity (Wildman–Crippen MR) is 48.3 cm³/mol. The first-order valence-corrected chi connectivity index (χ1v) is 4.86. The fourth-order valence-electron chi connectivity index (χ4n) is 3.37. The van der Waals surface area contributed by atoms with Gasteiger partial charge in [-0.15, -0.1) is 0 Å². The quantitative estimate of drug-likeness (QED) is 0.552. The van der Waals surface area contributed by atoms with E-state index < -0.39 is 0 Å². The van der Waals surface area contributed by atoms with Gasteiger partial charge in [0.25, 0.3) is 0 Å². The van der Waals surface area contributed by atoms with Crippen molar-refractivity contribution >= 4 is 7.85 Å². The van der Waals surface area contributed by atoms with Gasteiger partial charge in [0.1, 0.15) is 7.85 Å². The number of fused-ring (bicyclic) bond motifs is 2. The van der Waals surface area contributed by atoms with Crippen molar-refractivity contribution < 1.29 is 5.11 Å². The lowest BCUT2D eigenvalue weighted by Gasteiger charge is -2.28. The van der Waals surface area contributed by atoms with E-state index >= 15 is 0 Å². The molecule has 0 amide bonds. The van der Waals surface area contributed by atoms with Gasteiger partial charge in [-0.1, -0.05) is 13.2 Å². The van der Waals surface area contributed by atoms with Gasteiger partial charge < -0.3 is 5.11 Å². The van der Waals surface area contributed by atoms with Crippen molar-refractivity contribution in [3.63, 3.8) is 0 Å². The largest absolute Gasteiger partial charge is 0.393 e. The molecule has 0 aromatic rings. The first-order valence-electron chi connectivity index (χ1n) is 4.86. The zero-order valence-electron chi connectivity index (χ0n) is 7.51. The average molecular weight is 152 g/mol. The second kappa shape index (κ2) is 2.26. The minimum Gasteiger partial charge on any atom is -0.393 e. The van der Waals surface area contributed by atoms with Crippen molar-refractivity contribution in [1.82, 2.24) is 0 Å². The summed E-state index contributed by atoms with van der Waals surface area (Å²) in [6, 6.07) is 0. The molecule has 1 nitrogen and oxygen atoms in total. The normalized spacial score (nSPS) is 55.3. The number of aliphatic hydroxyl groups excluding tert-OH is 1. The van der Waals surface area contributed by atoms with Gasteiger partial charge in [0.2, 0.25) is 0 Å². The van der Waals surface area contributed by atoms with E-state index in [4.69, 9.17) is 0 Å². The average Bonchev–Trinajstić information content (AvgIpc) is 2.42. The number of hydrogen-bond acceptors (Lipinski definition) is 1. The molecule has 4 unspecified atom stereocenters. The maximum Gasteiger partial charge on any atom is 0.102 e. The highest BCUT2D eigenvalue weighted by atomic mass is 16.3.